The third-order valence-electron chi connectivity index (χ3n) is 4.66. The van der Waals surface area contributed by atoms with E-state index in [4.69, 9.17) is 9.47 Å². The number of hydrogen-bond donors (Lipinski definition) is 1. The molecule has 116 valence electrons. The Kier molecular flexibility index (Phi) is 5.26. The van der Waals surface area contributed by atoms with Gasteiger partial charge in [-0.15, -0.1) is 0 Å². The molecular formula is C16H20BrIO3. The van der Waals surface area contributed by atoms with Crippen LogP contribution in [-0.2, 0) is 9.47 Å². The summed E-state index contributed by atoms with van der Waals surface area (Å²) in [6.45, 7) is 2.29. The van der Waals surface area contributed by atoms with Crippen LogP contribution in [0.25, 0.3) is 0 Å². The molecule has 5 heteroatoms. The van der Waals surface area contributed by atoms with Crippen molar-refractivity contribution in [3.63, 3.8) is 0 Å². The Balaban J connectivity index is 1.77. The van der Waals surface area contributed by atoms with Crippen molar-refractivity contribution in [3.05, 3.63) is 31.8 Å². The van der Waals surface area contributed by atoms with Crippen LogP contribution in [-0.4, -0.2) is 30.5 Å². The van der Waals surface area contributed by atoms with Crippen LogP contribution in [0.4, 0.5) is 0 Å². The number of benzene rings is 1. The van der Waals surface area contributed by atoms with Crippen LogP contribution in [0.15, 0.2) is 22.7 Å². The lowest BCUT2D eigenvalue weighted by Gasteiger charge is -2.44. The van der Waals surface area contributed by atoms with Crippen LogP contribution >= 0.6 is 38.5 Å². The molecule has 0 aromatic heterocycles. The van der Waals surface area contributed by atoms with E-state index in [0.29, 0.717) is 0 Å². The number of hydrogen-bond acceptors (Lipinski definition) is 3. The Morgan fingerprint density at radius 2 is 2.05 bits per heavy atom. The first-order valence-corrected chi connectivity index (χ1v) is 9.32. The molecule has 2 atom stereocenters. The number of ether oxygens (including phenoxy) is 2. The van der Waals surface area contributed by atoms with Gasteiger partial charge in [0.15, 0.2) is 0 Å². The highest BCUT2D eigenvalue weighted by atomic mass is 127. The molecule has 2 unspecified atom stereocenters. The summed E-state index contributed by atoms with van der Waals surface area (Å²) in [5.74, 6) is 0.264. The molecule has 2 saturated heterocycles. The fourth-order valence-corrected chi connectivity index (χ4v) is 4.46. The summed E-state index contributed by atoms with van der Waals surface area (Å²) in [5.41, 5.74) is 0.957. The maximum atomic E-state index is 10.9. The summed E-state index contributed by atoms with van der Waals surface area (Å²) in [5, 5.41) is 10.9. The van der Waals surface area contributed by atoms with E-state index < -0.39 is 6.10 Å². The van der Waals surface area contributed by atoms with Crippen molar-refractivity contribution in [2.45, 2.75) is 37.4 Å². The standard InChI is InChI=1S/C16H20BrIO3/c17-12-1-2-14(18)13(9-12)15(19)11-3-6-21-16(10-11)4-7-20-8-5-16/h1-2,9,11,15,19H,3-8,10H2. The molecule has 0 aliphatic carbocycles. The molecule has 2 fully saturated rings. The third-order valence-corrected chi connectivity index (χ3v) is 6.13. The summed E-state index contributed by atoms with van der Waals surface area (Å²) in [4.78, 5) is 0. The van der Waals surface area contributed by atoms with E-state index in [0.717, 1.165) is 59.1 Å². The summed E-state index contributed by atoms with van der Waals surface area (Å²) >= 11 is 5.81. The largest absolute Gasteiger partial charge is 0.388 e. The zero-order chi connectivity index (χ0) is 14.9. The van der Waals surface area contributed by atoms with Gasteiger partial charge in [0.05, 0.1) is 11.7 Å². The third kappa shape index (κ3) is 3.63. The first kappa shape index (κ1) is 16.2. The van der Waals surface area contributed by atoms with Crippen LogP contribution in [0.5, 0.6) is 0 Å². The van der Waals surface area contributed by atoms with Crippen LogP contribution in [0.2, 0.25) is 0 Å². The highest BCUT2D eigenvalue weighted by Crippen LogP contribution is 2.42. The highest BCUT2D eigenvalue weighted by molar-refractivity contribution is 14.1. The van der Waals surface area contributed by atoms with Crippen molar-refractivity contribution in [1.29, 1.82) is 0 Å². The number of aliphatic hydroxyl groups excluding tert-OH is 1. The number of rotatable bonds is 2. The van der Waals surface area contributed by atoms with Crippen molar-refractivity contribution < 1.29 is 14.6 Å². The first-order valence-electron chi connectivity index (χ1n) is 7.44. The molecule has 0 bridgehead atoms. The Hall–Kier alpha value is 0.310. The summed E-state index contributed by atoms with van der Waals surface area (Å²) in [6, 6.07) is 6.10. The molecule has 1 N–H and O–H groups in total. The van der Waals surface area contributed by atoms with Gasteiger partial charge >= 0.3 is 0 Å². The van der Waals surface area contributed by atoms with Crippen LogP contribution in [0.1, 0.15) is 37.4 Å². The van der Waals surface area contributed by atoms with E-state index >= 15 is 0 Å². The van der Waals surface area contributed by atoms with Crippen molar-refractivity contribution in [1.82, 2.24) is 0 Å². The van der Waals surface area contributed by atoms with Gasteiger partial charge < -0.3 is 14.6 Å². The molecule has 3 nitrogen and oxygen atoms in total. The Bertz CT molecular complexity index is 497. The smallest absolute Gasteiger partial charge is 0.0830 e. The van der Waals surface area contributed by atoms with E-state index in [1.807, 2.05) is 18.2 Å². The molecular weight excluding hydrogens is 447 g/mol. The summed E-state index contributed by atoms with van der Waals surface area (Å²) in [7, 11) is 0. The summed E-state index contributed by atoms with van der Waals surface area (Å²) < 4.78 is 13.7. The van der Waals surface area contributed by atoms with Gasteiger partial charge in [0.25, 0.3) is 0 Å². The molecule has 2 heterocycles. The van der Waals surface area contributed by atoms with Gasteiger partial charge in [0.2, 0.25) is 0 Å². The highest BCUT2D eigenvalue weighted by Gasteiger charge is 2.41. The minimum atomic E-state index is -0.419. The fraction of sp³-hybridized carbons (Fsp3) is 0.625. The molecule has 2 aliphatic heterocycles. The Labute approximate surface area is 147 Å². The second-order valence-electron chi connectivity index (χ2n) is 6.01. The second-order valence-corrected chi connectivity index (χ2v) is 8.09. The Morgan fingerprint density at radius 3 is 2.81 bits per heavy atom. The maximum absolute atomic E-state index is 10.9. The minimum Gasteiger partial charge on any atom is -0.388 e. The zero-order valence-corrected chi connectivity index (χ0v) is 15.6. The topological polar surface area (TPSA) is 38.7 Å². The lowest BCUT2D eigenvalue weighted by molar-refractivity contribution is -0.159. The SMILES string of the molecule is OC(c1cc(Br)ccc1I)C1CCOC2(CCOCC2)C1. The monoisotopic (exact) mass is 466 g/mol. The normalized spacial score (nSPS) is 26.7. The molecule has 2 aliphatic rings. The predicted molar refractivity (Wildman–Crippen MR) is 93.3 cm³/mol. The number of halogens is 2. The van der Waals surface area contributed by atoms with Crippen molar-refractivity contribution in [2.24, 2.45) is 5.92 Å². The molecule has 1 aromatic carbocycles. The van der Waals surface area contributed by atoms with E-state index in [1.54, 1.807) is 0 Å². The molecule has 1 spiro atoms. The lowest BCUT2D eigenvalue weighted by Crippen LogP contribution is -2.45. The molecule has 0 saturated carbocycles. The predicted octanol–water partition coefficient (Wildman–Crippen LogP) is 4.06. The Morgan fingerprint density at radius 1 is 1.29 bits per heavy atom. The van der Waals surface area contributed by atoms with E-state index in [-0.39, 0.29) is 11.5 Å². The second kappa shape index (κ2) is 6.83. The zero-order valence-electron chi connectivity index (χ0n) is 11.9. The van der Waals surface area contributed by atoms with Gasteiger partial charge in [-0.1, -0.05) is 15.9 Å². The van der Waals surface area contributed by atoms with Crippen LogP contribution < -0.4 is 0 Å². The van der Waals surface area contributed by atoms with Crippen molar-refractivity contribution >= 4 is 38.5 Å². The minimum absolute atomic E-state index is 0.0698. The van der Waals surface area contributed by atoms with E-state index in [9.17, 15) is 5.11 Å². The van der Waals surface area contributed by atoms with Crippen molar-refractivity contribution in [3.8, 4) is 0 Å². The fourth-order valence-electron chi connectivity index (χ4n) is 3.42. The van der Waals surface area contributed by atoms with E-state index in [1.165, 1.54) is 0 Å². The van der Waals surface area contributed by atoms with Gasteiger partial charge in [-0.05, 0) is 78.0 Å². The molecule has 1 aromatic rings. The van der Waals surface area contributed by atoms with Gasteiger partial charge in [-0.3, -0.25) is 0 Å². The maximum Gasteiger partial charge on any atom is 0.0830 e. The molecule has 3 rings (SSSR count). The average Bonchev–Trinajstić information content (AvgIpc) is 2.50. The van der Waals surface area contributed by atoms with Crippen molar-refractivity contribution in [2.75, 3.05) is 19.8 Å². The first-order chi connectivity index (χ1) is 10.1. The van der Waals surface area contributed by atoms with Gasteiger partial charge in [0.1, 0.15) is 0 Å². The quantitative estimate of drug-likeness (QED) is 0.668. The molecule has 0 radical (unpaired) electrons. The van der Waals surface area contributed by atoms with Crippen LogP contribution in [0.3, 0.4) is 0 Å². The lowest BCUT2D eigenvalue weighted by atomic mass is 9.77. The summed E-state index contributed by atoms with van der Waals surface area (Å²) in [6.07, 6.45) is 3.34. The van der Waals surface area contributed by atoms with Crippen LogP contribution in [0, 0.1) is 9.49 Å². The van der Waals surface area contributed by atoms with E-state index in [2.05, 4.69) is 38.5 Å². The van der Waals surface area contributed by atoms with Gasteiger partial charge in [0, 0.05) is 27.9 Å². The van der Waals surface area contributed by atoms with Gasteiger partial charge in [-0.2, -0.15) is 0 Å². The average molecular weight is 467 g/mol. The number of aliphatic hydroxyl groups is 1. The molecule has 0 amide bonds. The molecule has 21 heavy (non-hydrogen) atoms. The van der Waals surface area contributed by atoms with Gasteiger partial charge in [-0.25, -0.2) is 0 Å².